The van der Waals surface area contributed by atoms with Gasteiger partial charge in [-0.3, -0.25) is 4.79 Å². The van der Waals surface area contributed by atoms with E-state index in [1.165, 1.54) is 7.11 Å². The van der Waals surface area contributed by atoms with Crippen LogP contribution in [0.3, 0.4) is 0 Å². The number of rotatable bonds is 5. The summed E-state index contributed by atoms with van der Waals surface area (Å²) in [4.78, 5) is 36.1. The molecule has 2 N–H and O–H groups in total. The summed E-state index contributed by atoms with van der Waals surface area (Å²) in [5.74, 6) is -1.15. The molecule has 1 aromatic rings. The second-order valence-corrected chi connectivity index (χ2v) is 6.89. The van der Waals surface area contributed by atoms with E-state index >= 15 is 0 Å². The molecule has 0 aliphatic carbocycles. The molecule has 0 saturated carbocycles. The van der Waals surface area contributed by atoms with E-state index in [2.05, 4.69) is 10.6 Å². The third-order valence-corrected chi connectivity index (χ3v) is 3.40. The molecule has 0 aliphatic heterocycles. The van der Waals surface area contributed by atoms with E-state index in [0.717, 1.165) is 5.56 Å². The summed E-state index contributed by atoms with van der Waals surface area (Å²) in [5, 5.41) is 4.97. The molecule has 25 heavy (non-hydrogen) atoms. The molecule has 0 spiro atoms. The number of carbonyl (C=O) groups excluding carboxylic acids is 3. The van der Waals surface area contributed by atoms with Gasteiger partial charge in [0.25, 0.3) is 0 Å². The summed E-state index contributed by atoms with van der Waals surface area (Å²) in [6.07, 6.45) is -0.710. The van der Waals surface area contributed by atoms with Crippen LogP contribution in [-0.2, 0) is 24.6 Å². The Morgan fingerprint density at radius 3 is 2.08 bits per heavy atom. The molecule has 0 aromatic heterocycles. The second-order valence-electron chi connectivity index (χ2n) is 6.89. The minimum absolute atomic E-state index is 0.326. The highest BCUT2D eigenvalue weighted by Crippen LogP contribution is 2.23. The Morgan fingerprint density at radius 2 is 1.60 bits per heavy atom. The van der Waals surface area contributed by atoms with Crippen LogP contribution in [0.5, 0.6) is 0 Å². The van der Waals surface area contributed by atoms with Gasteiger partial charge in [-0.05, 0) is 40.2 Å². The fourth-order valence-corrected chi connectivity index (χ4v) is 2.12. The number of hydrogen-bond donors (Lipinski definition) is 2. The van der Waals surface area contributed by atoms with Crippen molar-refractivity contribution in [2.45, 2.75) is 45.8 Å². The molecule has 7 nitrogen and oxygen atoms in total. The summed E-state index contributed by atoms with van der Waals surface area (Å²) in [6, 6.07) is 7.16. The lowest BCUT2D eigenvalue weighted by atomic mass is 9.91. The molecule has 0 unspecified atom stereocenters. The number of benzene rings is 1. The van der Waals surface area contributed by atoms with Gasteiger partial charge >= 0.3 is 12.1 Å². The molecular weight excluding hydrogens is 324 g/mol. The molecule has 0 fully saturated rings. The fraction of sp³-hybridized carbons (Fsp3) is 0.500. The maximum Gasteiger partial charge on any atom is 0.408 e. The number of aryl methyl sites for hydroxylation is 1. The normalized spacial score (nSPS) is 13.4. The Morgan fingerprint density at radius 1 is 1.04 bits per heavy atom. The molecule has 0 saturated heterocycles. The van der Waals surface area contributed by atoms with Crippen LogP contribution in [0.25, 0.3) is 0 Å². The van der Waals surface area contributed by atoms with Gasteiger partial charge in [-0.1, -0.05) is 29.8 Å². The lowest BCUT2D eigenvalue weighted by Gasteiger charge is -2.28. The Kier molecular flexibility index (Phi) is 6.55. The van der Waals surface area contributed by atoms with Crippen molar-refractivity contribution >= 4 is 18.0 Å². The molecule has 0 radical (unpaired) electrons. The maximum absolute atomic E-state index is 12.2. The quantitative estimate of drug-likeness (QED) is 0.793. The molecule has 1 atom stereocenters. The van der Waals surface area contributed by atoms with Crippen molar-refractivity contribution in [2.75, 3.05) is 13.7 Å². The van der Waals surface area contributed by atoms with Crippen molar-refractivity contribution in [3.05, 3.63) is 35.4 Å². The van der Waals surface area contributed by atoms with Crippen LogP contribution in [-0.4, -0.2) is 37.2 Å². The van der Waals surface area contributed by atoms with Crippen LogP contribution in [0.15, 0.2) is 24.3 Å². The Hall–Kier alpha value is -2.57. The zero-order chi connectivity index (χ0) is 19.3. The van der Waals surface area contributed by atoms with E-state index in [1.807, 2.05) is 19.1 Å². The Balaban J connectivity index is 2.82. The molecule has 1 rings (SSSR count). The minimum atomic E-state index is -1.37. The number of methoxy groups -OCH3 is 1. The van der Waals surface area contributed by atoms with Gasteiger partial charge in [0.05, 0.1) is 7.11 Å². The Labute approximate surface area is 148 Å². The standard InChI is InChI=1S/C18H26N2O5/c1-12-7-9-13(10-8-12)18(5,15(22)24-6)20-14(21)11-19-16(23)25-17(2,3)4/h7-10H,11H2,1-6H3,(H,19,23)(H,20,21)/t18-/m1/s1. The average molecular weight is 350 g/mol. The van der Waals surface area contributed by atoms with Crippen molar-refractivity contribution in [3.8, 4) is 0 Å². The fourth-order valence-electron chi connectivity index (χ4n) is 2.12. The van der Waals surface area contributed by atoms with E-state index in [4.69, 9.17) is 9.47 Å². The third kappa shape index (κ3) is 6.10. The van der Waals surface area contributed by atoms with Crippen LogP contribution in [0.2, 0.25) is 0 Å². The second kappa shape index (κ2) is 8.00. The number of carbonyl (C=O) groups is 3. The summed E-state index contributed by atoms with van der Waals surface area (Å²) < 4.78 is 9.89. The lowest BCUT2D eigenvalue weighted by Crippen LogP contribution is -2.53. The van der Waals surface area contributed by atoms with Crippen molar-refractivity contribution in [1.82, 2.24) is 10.6 Å². The first-order valence-corrected chi connectivity index (χ1v) is 7.91. The summed E-state index contributed by atoms with van der Waals surface area (Å²) in [7, 11) is 1.25. The summed E-state index contributed by atoms with van der Waals surface area (Å²) >= 11 is 0. The van der Waals surface area contributed by atoms with Gasteiger partial charge in [0.2, 0.25) is 5.91 Å². The minimum Gasteiger partial charge on any atom is -0.467 e. The molecule has 7 heteroatoms. The molecule has 2 amide bonds. The highest BCUT2D eigenvalue weighted by molar-refractivity contribution is 5.90. The van der Waals surface area contributed by atoms with Crippen LogP contribution in [0.4, 0.5) is 4.79 Å². The smallest absolute Gasteiger partial charge is 0.408 e. The van der Waals surface area contributed by atoms with Crippen LogP contribution >= 0.6 is 0 Å². The van der Waals surface area contributed by atoms with Crippen molar-refractivity contribution in [1.29, 1.82) is 0 Å². The topological polar surface area (TPSA) is 93.7 Å². The SMILES string of the molecule is COC(=O)[C@](C)(NC(=O)CNC(=O)OC(C)(C)C)c1ccc(C)cc1. The van der Waals surface area contributed by atoms with Crippen molar-refractivity contribution in [2.24, 2.45) is 0 Å². The van der Waals surface area contributed by atoms with Crippen LogP contribution in [0, 0.1) is 6.92 Å². The van der Waals surface area contributed by atoms with Crippen molar-refractivity contribution in [3.63, 3.8) is 0 Å². The van der Waals surface area contributed by atoms with Gasteiger partial charge in [-0.15, -0.1) is 0 Å². The van der Waals surface area contributed by atoms with Crippen LogP contribution in [0.1, 0.15) is 38.8 Å². The van der Waals surface area contributed by atoms with Gasteiger partial charge in [-0.25, -0.2) is 9.59 Å². The van der Waals surface area contributed by atoms with Gasteiger partial charge in [0.1, 0.15) is 12.1 Å². The number of hydrogen-bond acceptors (Lipinski definition) is 5. The first-order valence-electron chi connectivity index (χ1n) is 7.91. The third-order valence-electron chi connectivity index (χ3n) is 3.40. The molecule has 0 aliphatic rings. The monoisotopic (exact) mass is 350 g/mol. The summed E-state index contributed by atoms with van der Waals surface area (Å²) in [5.41, 5.74) is -0.428. The van der Waals surface area contributed by atoms with E-state index in [1.54, 1.807) is 39.8 Å². The summed E-state index contributed by atoms with van der Waals surface area (Å²) in [6.45, 7) is 8.31. The first kappa shape index (κ1) is 20.5. The number of alkyl carbamates (subject to hydrolysis) is 1. The molecule has 0 heterocycles. The van der Waals surface area contributed by atoms with Gasteiger partial charge in [0, 0.05) is 0 Å². The molecule has 1 aromatic carbocycles. The van der Waals surface area contributed by atoms with Gasteiger partial charge in [0.15, 0.2) is 5.54 Å². The van der Waals surface area contributed by atoms with Crippen LogP contribution < -0.4 is 10.6 Å². The van der Waals surface area contributed by atoms with Gasteiger partial charge in [-0.2, -0.15) is 0 Å². The van der Waals surface area contributed by atoms with E-state index in [0.29, 0.717) is 5.56 Å². The van der Waals surface area contributed by atoms with E-state index < -0.39 is 29.1 Å². The van der Waals surface area contributed by atoms with Gasteiger partial charge < -0.3 is 20.1 Å². The lowest BCUT2D eigenvalue weighted by molar-refractivity contribution is -0.150. The maximum atomic E-state index is 12.2. The molecule has 0 bridgehead atoms. The zero-order valence-electron chi connectivity index (χ0n) is 15.6. The average Bonchev–Trinajstić information content (AvgIpc) is 2.51. The van der Waals surface area contributed by atoms with E-state index in [-0.39, 0.29) is 6.54 Å². The zero-order valence-corrected chi connectivity index (χ0v) is 15.6. The predicted molar refractivity (Wildman–Crippen MR) is 92.9 cm³/mol. The van der Waals surface area contributed by atoms with Crippen molar-refractivity contribution < 1.29 is 23.9 Å². The number of esters is 1. The number of nitrogens with one attached hydrogen (secondary N) is 2. The Bertz CT molecular complexity index is 634. The largest absolute Gasteiger partial charge is 0.467 e. The molecule has 138 valence electrons. The number of ether oxygens (including phenoxy) is 2. The van der Waals surface area contributed by atoms with E-state index in [9.17, 15) is 14.4 Å². The number of amides is 2. The molecular formula is C18H26N2O5. The highest BCUT2D eigenvalue weighted by Gasteiger charge is 2.38. The highest BCUT2D eigenvalue weighted by atomic mass is 16.6. The first-order chi connectivity index (χ1) is 11.5. The predicted octanol–water partition coefficient (Wildman–Crippen LogP) is 2.02.